The van der Waals surface area contributed by atoms with E-state index in [9.17, 15) is 30.0 Å². The lowest BCUT2D eigenvalue weighted by Crippen LogP contribution is -2.49. The Bertz CT molecular complexity index is 1210. The third-order valence-corrected chi connectivity index (χ3v) is 9.18. The lowest BCUT2D eigenvalue weighted by molar-refractivity contribution is -0.137. The Morgan fingerprint density at radius 2 is 1.56 bits per heavy atom. The summed E-state index contributed by atoms with van der Waals surface area (Å²) in [5.74, 6) is -0.0410. The Morgan fingerprint density at radius 3 is 2.19 bits per heavy atom. The summed E-state index contributed by atoms with van der Waals surface area (Å²) < 4.78 is 94.8. The number of nitrogens with zero attached hydrogens (tertiary/aromatic N) is 3. The standard InChI is InChI=1S/C23H30F3N3O5S2/c1-19-6-8-22(9-7-19)36(32,33)34-14-4-2-3-5-15-35(30,31)29-12-10-28(11-13-29)21-16-20(17-27-18-21)23(24,25)26/h6-9,16-18H,2-5,10-15H2,1H3. The Kier molecular flexibility index (Phi) is 9.36. The fourth-order valence-corrected chi connectivity index (χ4v) is 6.28. The average Bonchev–Trinajstić information content (AvgIpc) is 2.83. The van der Waals surface area contributed by atoms with Crippen LogP contribution in [0.4, 0.5) is 18.9 Å². The second-order valence-corrected chi connectivity index (χ2v) is 12.3. The van der Waals surface area contributed by atoms with Crippen LogP contribution in [0.3, 0.4) is 0 Å². The number of halogens is 3. The van der Waals surface area contributed by atoms with E-state index in [1.54, 1.807) is 17.0 Å². The summed E-state index contributed by atoms with van der Waals surface area (Å²) in [6.45, 7) is 2.79. The molecule has 36 heavy (non-hydrogen) atoms. The number of pyridine rings is 1. The van der Waals surface area contributed by atoms with Gasteiger partial charge in [-0.25, -0.2) is 8.42 Å². The highest BCUT2D eigenvalue weighted by molar-refractivity contribution is 7.89. The van der Waals surface area contributed by atoms with Gasteiger partial charge < -0.3 is 4.90 Å². The SMILES string of the molecule is Cc1ccc(S(=O)(=O)OCCCCCCS(=O)(=O)N2CCN(c3cncc(C(F)(F)F)c3)CC2)cc1. The van der Waals surface area contributed by atoms with Crippen molar-refractivity contribution in [3.63, 3.8) is 0 Å². The number of unbranched alkanes of at least 4 members (excludes halogenated alkanes) is 3. The Labute approximate surface area is 210 Å². The molecule has 0 saturated carbocycles. The van der Waals surface area contributed by atoms with E-state index < -0.39 is 31.9 Å². The van der Waals surface area contributed by atoms with Gasteiger partial charge in [0.1, 0.15) is 0 Å². The number of alkyl halides is 3. The molecule has 8 nitrogen and oxygen atoms in total. The van der Waals surface area contributed by atoms with E-state index in [0.717, 1.165) is 17.8 Å². The largest absolute Gasteiger partial charge is 0.417 e. The molecule has 1 aliphatic rings. The lowest BCUT2D eigenvalue weighted by Gasteiger charge is -2.35. The molecule has 0 radical (unpaired) electrons. The number of aromatic nitrogens is 1. The zero-order valence-corrected chi connectivity index (χ0v) is 21.6. The first-order valence-electron chi connectivity index (χ1n) is 11.6. The van der Waals surface area contributed by atoms with Crippen molar-refractivity contribution < 1.29 is 34.2 Å². The number of benzene rings is 1. The van der Waals surface area contributed by atoms with Crippen LogP contribution in [-0.2, 0) is 30.5 Å². The summed E-state index contributed by atoms with van der Waals surface area (Å²) in [4.78, 5) is 5.46. The van der Waals surface area contributed by atoms with Crippen LogP contribution in [0.2, 0.25) is 0 Å². The molecule has 2 aromatic rings. The number of rotatable bonds is 11. The van der Waals surface area contributed by atoms with Crippen molar-refractivity contribution in [2.24, 2.45) is 0 Å². The maximum Gasteiger partial charge on any atom is 0.417 e. The third-order valence-electron chi connectivity index (χ3n) is 5.89. The van der Waals surface area contributed by atoms with Gasteiger partial charge >= 0.3 is 6.18 Å². The monoisotopic (exact) mass is 549 g/mol. The first-order valence-corrected chi connectivity index (χ1v) is 14.6. The molecular formula is C23H30F3N3O5S2. The molecule has 0 atom stereocenters. The van der Waals surface area contributed by atoms with Gasteiger partial charge in [0.25, 0.3) is 10.1 Å². The third kappa shape index (κ3) is 7.89. The second-order valence-electron chi connectivity index (χ2n) is 8.64. The van der Waals surface area contributed by atoms with Crippen LogP contribution in [0, 0.1) is 6.92 Å². The van der Waals surface area contributed by atoms with E-state index in [1.807, 2.05) is 6.92 Å². The van der Waals surface area contributed by atoms with Crippen molar-refractivity contribution in [1.82, 2.24) is 9.29 Å². The first kappa shape index (κ1) is 28.4. The summed E-state index contributed by atoms with van der Waals surface area (Å²) in [5, 5.41) is 0. The molecule has 0 spiro atoms. The zero-order valence-electron chi connectivity index (χ0n) is 19.9. The molecule has 2 heterocycles. The summed E-state index contributed by atoms with van der Waals surface area (Å²) in [6, 6.07) is 7.39. The molecule has 1 aromatic heterocycles. The molecule has 1 saturated heterocycles. The van der Waals surface area contributed by atoms with Crippen LogP contribution in [0.15, 0.2) is 47.6 Å². The Morgan fingerprint density at radius 1 is 0.917 bits per heavy atom. The highest BCUT2D eigenvalue weighted by Crippen LogP contribution is 2.31. The minimum absolute atomic E-state index is 0.0231. The zero-order chi connectivity index (χ0) is 26.4. The van der Waals surface area contributed by atoms with Gasteiger partial charge in [0, 0.05) is 32.4 Å². The maximum absolute atomic E-state index is 12.9. The molecule has 0 unspecified atom stereocenters. The minimum Gasteiger partial charge on any atom is -0.368 e. The summed E-state index contributed by atoms with van der Waals surface area (Å²) in [6.07, 6.45) is -0.262. The van der Waals surface area contributed by atoms with Crippen molar-refractivity contribution in [3.05, 3.63) is 53.9 Å². The molecule has 0 bridgehead atoms. The summed E-state index contributed by atoms with van der Waals surface area (Å²) in [5.41, 5.74) is 0.417. The highest BCUT2D eigenvalue weighted by atomic mass is 32.2. The molecule has 1 aliphatic heterocycles. The number of piperazine rings is 1. The van der Waals surface area contributed by atoms with Crippen LogP contribution in [0.5, 0.6) is 0 Å². The molecule has 0 amide bonds. The van der Waals surface area contributed by atoms with Gasteiger partial charge in [-0.15, -0.1) is 0 Å². The van der Waals surface area contributed by atoms with Gasteiger partial charge in [-0.2, -0.15) is 25.9 Å². The van der Waals surface area contributed by atoms with Gasteiger partial charge in [0.05, 0.1) is 34.7 Å². The van der Waals surface area contributed by atoms with Crippen molar-refractivity contribution >= 4 is 25.8 Å². The van der Waals surface area contributed by atoms with Gasteiger partial charge in [-0.1, -0.05) is 30.5 Å². The fraction of sp³-hybridized carbons (Fsp3) is 0.522. The maximum atomic E-state index is 12.9. The number of hydrogen-bond acceptors (Lipinski definition) is 7. The fourth-order valence-electron chi connectivity index (χ4n) is 3.79. The molecule has 1 fully saturated rings. The van der Waals surface area contributed by atoms with Gasteiger partial charge in [-0.05, 0) is 38.0 Å². The molecule has 3 rings (SSSR count). The molecule has 0 aliphatic carbocycles. The predicted molar refractivity (Wildman–Crippen MR) is 130 cm³/mol. The molecule has 13 heteroatoms. The van der Waals surface area contributed by atoms with Gasteiger partial charge in [0.15, 0.2) is 0 Å². The highest BCUT2D eigenvalue weighted by Gasteiger charge is 2.32. The quantitative estimate of drug-likeness (QED) is 0.311. The van der Waals surface area contributed by atoms with E-state index in [1.165, 1.54) is 22.6 Å². The molecular weight excluding hydrogens is 519 g/mol. The van der Waals surface area contributed by atoms with E-state index in [2.05, 4.69) is 4.98 Å². The second kappa shape index (κ2) is 11.9. The van der Waals surface area contributed by atoms with Crippen molar-refractivity contribution in [2.75, 3.05) is 43.4 Å². The van der Waals surface area contributed by atoms with Crippen LogP contribution in [0.25, 0.3) is 0 Å². The smallest absolute Gasteiger partial charge is 0.368 e. The number of anilines is 1. The number of aryl methyl sites for hydroxylation is 1. The Hall–Kier alpha value is -2.22. The van der Waals surface area contributed by atoms with E-state index in [4.69, 9.17) is 4.18 Å². The summed E-state index contributed by atoms with van der Waals surface area (Å²) in [7, 11) is -7.30. The number of sulfonamides is 1. The topological polar surface area (TPSA) is 96.9 Å². The van der Waals surface area contributed by atoms with E-state index in [-0.39, 0.29) is 43.4 Å². The number of hydrogen-bond donors (Lipinski definition) is 0. The van der Waals surface area contributed by atoms with Crippen LogP contribution in [0.1, 0.15) is 36.8 Å². The Balaban J connectivity index is 1.36. The minimum atomic E-state index is -4.49. The predicted octanol–water partition coefficient (Wildman–Crippen LogP) is 3.83. The lowest BCUT2D eigenvalue weighted by atomic mass is 10.2. The van der Waals surface area contributed by atoms with Crippen molar-refractivity contribution in [2.45, 2.75) is 43.7 Å². The van der Waals surface area contributed by atoms with Crippen LogP contribution < -0.4 is 4.90 Å². The molecule has 1 aromatic carbocycles. The van der Waals surface area contributed by atoms with Gasteiger partial charge in [0.2, 0.25) is 10.0 Å². The normalized spacial score (nSPS) is 15.8. The van der Waals surface area contributed by atoms with Crippen LogP contribution in [-0.4, -0.2) is 64.7 Å². The molecule has 200 valence electrons. The molecule has 0 N–H and O–H groups in total. The van der Waals surface area contributed by atoms with Crippen molar-refractivity contribution in [3.8, 4) is 0 Å². The van der Waals surface area contributed by atoms with Gasteiger partial charge in [-0.3, -0.25) is 9.17 Å². The van der Waals surface area contributed by atoms with E-state index in [0.29, 0.717) is 31.4 Å². The summed E-state index contributed by atoms with van der Waals surface area (Å²) >= 11 is 0. The van der Waals surface area contributed by atoms with Crippen molar-refractivity contribution in [1.29, 1.82) is 0 Å². The van der Waals surface area contributed by atoms with E-state index >= 15 is 0 Å². The average molecular weight is 550 g/mol. The van der Waals surface area contributed by atoms with Crippen LogP contribution >= 0.6 is 0 Å². The first-order chi connectivity index (χ1) is 16.9.